The average molecular weight is 215 g/mol. The zero-order valence-electron chi connectivity index (χ0n) is 9.44. The van der Waals surface area contributed by atoms with Crippen molar-refractivity contribution in [2.45, 2.75) is 19.8 Å². The first-order valence-electron chi connectivity index (χ1n) is 5.39. The summed E-state index contributed by atoms with van der Waals surface area (Å²) in [6, 6.07) is 12.4. The summed E-state index contributed by atoms with van der Waals surface area (Å²) >= 11 is 0. The minimum atomic E-state index is -0.228. The maximum atomic E-state index is 13.1. The van der Waals surface area contributed by atoms with E-state index >= 15 is 0 Å². The Morgan fingerprint density at radius 3 is 2.50 bits per heavy atom. The molecule has 2 heteroatoms. The van der Waals surface area contributed by atoms with Crippen LogP contribution in [0.5, 0.6) is 0 Å². The Morgan fingerprint density at radius 1 is 1.06 bits per heavy atom. The van der Waals surface area contributed by atoms with Gasteiger partial charge in [-0.05, 0) is 30.2 Å². The van der Waals surface area contributed by atoms with E-state index < -0.39 is 0 Å². The number of pyridine rings is 1. The predicted octanol–water partition coefficient (Wildman–Crippen LogP) is 4.01. The summed E-state index contributed by atoms with van der Waals surface area (Å²) in [5.41, 5.74) is 2.68. The quantitative estimate of drug-likeness (QED) is 0.737. The number of rotatable bonds is 2. The van der Waals surface area contributed by atoms with Crippen LogP contribution in [0.1, 0.15) is 25.5 Å². The van der Waals surface area contributed by atoms with Gasteiger partial charge in [-0.2, -0.15) is 0 Å². The Labute approximate surface area is 95.0 Å². The molecule has 0 aliphatic rings. The smallest absolute Gasteiger partial charge is 0.123 e. The summed E-state index contributed by atoms with van der Waals surface area (Å²) in [6.45, 7) is 4.19. The molecule has 1 aromatic heterocycles. The van der Waals surface area contributed by atoms with Crippen LogP contribution < -0.4 is 0 Å². The molecule has 0 aliphatic carbocycles. The lowest BCUT2D eigenvalue weighted by Gasteiger charge is -2.07. The van der Waals surface area contributed by atoms with E-state index in [0.29, 0.717) is 5.92 Å². The van der Waals surface area contributed by atoms with Crippen LogP contribution in [0.15, 0.2) is 42.5 Å². The van der Waals surface area contributed by atoms with Gasteiger partial charge >= 0.3 is 0 Å². The maximum absolute atomic E-state index is 13.1. The molecule has 82 valence electrons. The minimum absolute atomic E-state index is 0.228. The molecular weight excluding hydrogens is 201 g/mol. The van der Waals surface area contributed by atoms with E-state index in [4.69, 9.17) is 0 Å². The first-order valence-corrected chi connectivity index (χ1v) is 5.39. The lowest BCUT2D eigenvalue weighted by molar-refractivity contribution is 0.628. The SMILES string of the molecule is CC(C)c1cccc(-c2cccc(F)c2)n1. The van der Waals surface area contributed by atoms with Crippen LogP contribution in [0.25, 0.3) is 11.3 Å². The molecule has 0 saturated carbocycles. The fourth-order valence-corrected chi connectivity index (χ4v) is 1.58. The van der Waals surface area contributed by atoms with Crippen molar-refractivity contribution >= 4 is 0 Å². The van der Waals surface area contributed by atoms with Crippen LogP contribution in [0.4, 0.5) is 4.39 Å². The van der Waals surface area contributed by atoms with Crippen molar-refractivity contribution in [1.29, 1.82) is 0 Å². The highest BCUT2D eigenvalue weighted by Gasteiger charge is 2.04. The van der Waals surface area contributed by atoms with Crippen LogP contribution in [-0.4, -0.2) is 4.98 Å². The van der Waals surface area contributed by atoms with Crippen molar-refractivity contribution in [3.63, 3.8) is 0 Å². The van der Waals surface area contributed by atoms with Crippen LogP contribution >= 0.6 is 0 Å². The van der Waals surface area contributed by atoms with Gasteiger partial charge in [-0.15, -0.1) is 0 Å². The summed E-state index contributed by atoms with van der Waals surface area (Å²) < 4.78 is 13.1. The lowest BCUT2D eigenvalue weighted by Crippen LogP contribution is -1.94. The Bertz CT molecular complexity index is 492. The second-order valence-corrected chi connectivity index (χ2v) is 4.11. The molecule has 0 unspecified atom stereocenters. The second kappa shape index (κ2) is 4.44. The highest BCUT2D eigenvalue weighted by molar-refractivity contribution is 5.59. The van der Waals surface area contributed by atoms with Gasteiger partial charge in [0.15, 0.2) is 0 Å². The van der Waals surface area contributed by atoms with Gasteiger partial charge in [-0.3, -0.25) is 4.98 Å². The Morgan fingerprint density at radius 2 is 1.81 bits per heavy atom. The summed E-state index contributed by atoms with van der Waals surface area (Å²) in [4.78, 5) is 4.52. The molecule has 1 nitrogen and oxygen atoms in total. The summed E-state index contributed by atoms with van der Waals surface area (Å²) in [5.74, 6) is 0.155. The topological polar surface area (TPSA) is 12.9 Å². The number of benzene rings is 1. The van der Waals surface area contributed by atoms with Gasteiger partial charge in [0.2, 0.25) is 0 Å². The van der Waals surface area contributed by atoms with Crippen LogP contribution in [0.2, 0.25) is 0 Å². The zero-order valence-corrected chi connectivity index (χ0v) is 9.44. The summed E-state index contributed by atoms with van der Waals surface area (Å²) in [5, 5.41) is 0. The standard InChI is InChI=1S/C14H14FN/c1-10(2)13-7-4-8-14(16-13)11-5-3-6-12(15)9-11/h3-10H,1-2H3. The molecule has 2 aromatic rings. The molecule has 0 amide bonds. The second-order valence-electron chi connectivity index (χ2n) is 4.11. The molecule has 0 saturated heterocycles. The van der Waals surface area contributed by atoms with Gasteiger partial charge in [-0.25, -0.2) is 4.39 Å². The highest BCUT2D eigenvalue weighted by Crippen LogP contribution is 2.20. The van der Waals surface area contributed by atoms with Crippen molar-refractivity contribution in [2.75, 3.05) is 0 Å². The van der Waals surface area contributed by atoms with Crippen molar-refractivity contribution in [2.24, 2.45) is 0 Å². The van der Waals surface area contributed by atoms with Gasteiger partial charge in [0.1, 0.15) is 5.82 Å². The summed E-state index contributed by atoms with van der Waals surface area (Å²) in [7, 11) is 0. The highest BCUT2D eigenvalue weighted by atomic mass is 19.1. The predicted molar refractivity (Wildman–Crippen MR) is 63.7 cm³/mol. The minimum Gasteiger partial charge on any atom is -0.253 e. The molecule has 1 heterocycles. The molecule has 0 N–H and O–H groups in total. The van der Waals surface area contributed by atoms with Crippen molar-refractivity contribution in [3.05, 3.63) is 54.0 Å². The van der Waals surface area contributed by atoms with E-state index in [1.54, 1.807) is 6.07 Å². The third-order valence-corrected chi connectivity index (χ3v) is 2.48. The maximum Gasteiger partial charge on any atom is 0.123 e. The molecule has 1 aromatic carbocycles. The number of aromatic nitrogens is 1. The van der Waals surface area contributed by atoms with Crippen LogP contribution in [0, 0.1) is 5.82 Å². The molecule has 2 rings (SSSR count). The van der Waals surface area contributed by atoms with Gasteiger partial charge in [0.25, 0.3) is 0 Å². The molecule has 0 bridgehead atoms. The van der Waals surface area contributed by atoms with Crippen molar-refractivity contribution in [1.82, 2.24) is 4.98 Å². The third kappa shape index (κ3) is 2.27. The lowest BCUT2D eigenvalue weighted by atomic mass is 10.1. The van der Waals surface area contributed by atoms with Gasteiger partial charge < -0.3 is 0 Å². The Kier molecular flexibility index (Phi) is 3.00. The molecular formula is C14H14FN. The van der Waals surface area contributed by atoms with Crippen LogP contribution in [-0.2, 0) is 0 Å². The van der Waals surface area contributed by atoms with E-state index in [-0.39, 0.29) is 5.82 Å². The van der Waals surface area contributed by atoms with E-state index in [1.165, 1.54) is 12.1 Å². The molecule has 0 spiro atoms. The molecule has 0 fully saturated rings. The van der Waals surface area contributed by atoms with Gasteiger partial charge in [0, 0.05) is 11.3 Å². The molecule has 0 atom stereocenters. The molecule has 0 radical (unpaired) electrons. The van der Waals surface area contributed by atoms with E-state index in [9.17, 15) is 4.39 Å². The summed E-state index contributed by atoms with van der Waals surface area (Å²) in [6.07, 6.45) is 0. The Balaban J connectivity index is 2.44. The zero-order chi connectivity index (χ0) is 11.5. The average Bonchev–Trinajstić information content (AvgIpc) is 2.29. The number of halogens is 1. The monoisotopic (exact) mass is 215 g/mol. The number of hydrogen-bond acceptors (Lipinski definition) is 1. The van der Waals surface area contributed by atoms with Crippen LogP contribution in [0.3, 0.4) is 0 Å². The molecule has 0 aliphatic heterocycles. The molecule has 16 heavy (non-hydrogen) atoms. The fraction of sp³-hybridized carbons (Fsp3) is 0.214. The third-order valence-electron chi connectivity index (χ3n) is 2.48. The number of nitrogens with zero attached hydrogens (tertiary/aromatic N) is 1. The first kappa shape index (κ1) is 10.8. The van der Waals surface area contributed by atoms with E-state index in [1.807, 2.05) is 24.3 Å². The van der Waals surface area contributed by atoms with E-state index in [2.05, 4.69) is 18.8 Å². The van der Waals surface area contributed by atoms with Gasteiger partial charge in [0.05, 0.1) is 5.69 Å². The van der Waals surface area contributed by atoms with Crippen molar-refractivity contribution < 1.29 is 4.39 Å². The largest absolute Gasteiger partial charge is 0.253 e. The number of hydrogen-bond donors (Lipinski definition) is 0. The van der Waals surface area contributed by atoms with Gasteiger partial charge in [-0.1, -0.05) is 32.0 Å². The fourth-order valence-electron chi connectivity index (χ4n) is 1.58. The van der Waals surface area contributed by atoms with E-state index in [0.717, 1.165) is 17.0 Å². The Hall–Kier alpha value is -1.70. The normalized spacial score (nSPS) is 10.8. The van der Waals surface area contributed by atoms with Crippen molar-refractivity contribution in [3.8, 4) is 11.3 Å². The first-order chi connectivity index (χ1) is 7.66.